The predicted molar refractivity (Wildman–Crippen MR) is 246 cm³/mol. The van der Waals surface area contributed by atoms with Crippen molar-refractivity contribution in [2.45, 2.75) is 51.6 Å². The van der Waals surface area contributed by atoms with Gasteiger partial charge in [0.15, 0.2) is 0 Å². The first-order chi connectivity index (χ1) is 27.8. The fraction of sp³-hybridized carbons (Fsp3) is 0.148. The zero-order valence-corrected chi connectivity index (χ0v) is 34.2. The quantitative estimate of drug-likeness (QED) is 0.131. The Bertz CT molecular complexity index is 2860. The van der Waals surface area contributed by atoms with Gasteiger partial charge in [0.25, 0.3) is 0 Å². The highest BCUT2D eigenvalue weighted by Crippen LogP contribution is 2.52. The van der Waals surface area contributed by atoms with E-state index in [4.69, 9.17) is 0 Å². The van der Waals surface area contributed by atoms with Crippen LogP contribution in [0.5, 0.6) is 0 Å². The fourth-order valence-electron chi connectivity index (χ4n) is 10.4. The lowest BCUT2D eigenvalue weighted by Gasteiger charge is -2.41. The van der Waals surface area contributed by atoms with Crippen LogP contribution in [0.4, 0.5) is 28.4 Å². The molecular weight excluding hydrogens is 705 g/mol. The van der Waals surface area contributed by atoms with E-state index in [-0.39, 0.29) is 5.41 Å². The highest BCUT2D eigenvalue weighted by Gasteiger charge is 2.39. The summed E-state index contributed by atoms with van der Waals surface area (Å²) in [7, 11) is -1.86. The highest BCUT2D eigenvalue weighted by atomic mass is 28.3. The minimum Gasteiger partial charge on any atom is -0.310 e. The second-order valence-corrected chi connectivity index (χ2v) is 21.6. The topological polar surface area (TPSA) is 6.48 Å². The van der Waals surface area contributed by atoms with Crippen LogP contribution >= 0.6 is 0 Å². The lowest BCUT2D eigenvalue weighted by Crippen LogP contribution is -2.58. The van der Waals surface area contributed by atoms with E-state index in [1.54, 1.807) is 5.57 Å². The predicted octanol–water partition coefficient (Wildman–Crippen LogP) is 13.2. The van der Waals surface area contributed by atoms with E-state index in [9.17, 15) is 0 Å². The Morgan fingerprint density at radius 1 is 0.579 bits per heavy atom. The number of hydrogen-bond donors (Lipinski definition) is 0. The highest BCUT2D eigenvalue weighted by molar-refractivity contribution is 7.02. The van der Waals surface area contributed by atoms with E-state index >= 15 is 0 Å². The molecule has 276 valence electrons. The second kappa shape index (κ2) is 12.7. The number of para-hydroxylation sites is 3. The van der Waals surface area contributed by atoms with Crippen LogP contribution in [0.3, 0.4) is 0 Å². The summed E-state index contributed by atoms with van der Waals surface area (Å²) in [6.07, 6.45) is 12.6. The minimum absolute atomic E-state index is 0.133. The average molecular weight is 751 g/mol. The lowest BCUT2D eigenvalue weighted by molar-refractivity contribution is 0.660. The number of rotatable bonds is 4. The molecule has 2 aliphatic carbocycles. The van der Waals surface area contributed by atoms with Gasteiger partial charge < -0.3 is 9.80 Å². The van der Waals surface area contributed by atoms with Gasteiger partial charge in [0.05, 0.1) is 5.69 Å². The Labute approximate surface area is 337 Å². The van der Waals surface area contributed by atoms with Gasteiger partial charge in [0.2, 0.25) is 0 Å². The van der Waals surface area contributed by atoms with E-state index in [0.717, 1.165) is 19.3 Å². The molecule has 0 spiro atoms. The molecule has 0 saturated carbocycles. The number of allylic oxidation sites excluding steroid dienone is 3. The van der Waals surface area contributed by atoms with E-state index in [2.05, 4.69) is 207 Å². The molecule has 57 heavy (non-hydrogen) atoms. The molecule has 2 nitrogen and oxygen atoms in total. The number of nitrogens with zero attached hydrogens (tertiary/aromatic N) is 2. The SMILES string of the molecule is CC1(C)c2cc(C=Cc3ccc(N4c5ccccc5[Si](C)(C)c5ccccc54)c4ccccc34)ccc2-c2ccc(N3C4=C(CCC=C4)Cc4ccccc43)cc21. The van der Waals surface area contributed by atoms with Gasteiger partial charge in [-0.25, -0.2) is 0 Å². The third-order valence-electron chi connectivity index (χ3n) is 13.3. The van der Waals surface area contributed by atoms with Crippen LogP contribution in [0.15, 0.2) is 169 Å². The smallest absolute Gasteiger partial charge is 0.117 e. The summed E-state index contributed by atoms with van der Waals surface area (Å²) < 4.78 is 0. The average Bonchev–Trinajstić information content (AvgIpc) is 3.47. The molecular formula is C54H46N2Si. The third kappa shape index (κ3) is 5.15. The molecule has 2 heterocycles. The van der Waals surface area contributed by atoms with Crippen LogP contribution < -0.4 is 20.2 Å². The Kier molecular flexibility index (Phi) is 7.59. The number of fused-ring (bicyclic) bond motifs is 7. The Hall–Kier alpha value is -6.16. The molecule has 0 radical (unpaired) electrons. The summed E-state index contributed by atoms with van der Waals surface area (Å²) in [6.45, 7) is 9.77. The Morgan fingerprint density at radius 2 is 1.23 bits per heavy atom. The van der Waals surface area contributed by atoms with Crippen LogP contribution in [0.2, 0.25) is 13.1 Å². The fourth-order valence-corrected chi connectivity index (χ4v) is 13.4. The number of hydrogen-bond acceptors (Lipinski definition) is 2. The van der Waals surface area contributed by atoms with E-state index in [0.29, 0.717) is 0 Å². The maximum absolute atomic E-state index is 2.51. The van der Waals surface area contributed by atoms with Gasteiger partial charge in [-0.05, 0) is 122 Å². The van der Waals surface area contributed by atoms with Gasteiger partial charge in [-0.3, -0.25) is 0 Å². The summed E-state index contributed by atoms with van der Waals surface area (Å²) in [5.74, 6) is 0. The summed E-state index contributed by atoms with van der Waals surface area (Å²) in [5, 5.41) is 5.49. The molecule has 0 aromatic heterocycles. The van der Waals surface area contributed by atoms with E-state index in [1.165, 1.54) is 94.2 Å². The van der Waals surface area contributed by atoms with Crippen molar-refractivity contribution in [2.24, 2.45) is 0 Å². The molecule has 0 atom stereocenters. The first-order valence-electron chi connectivity index (χ1n) is 20.5. The zero-order valence-electron chi connectivity index (χ0n) is 33.2. The van der Waals surface area contributed by atoms with E-state index < -0.39 is 8.07 Å². The molecule has 0 bridgehead atoms. The standard InChI is InChI=1S/C54H46N2Si/c1-54(2)45-33-36(26-30-42(45)43-31-29-40(35-46(43)54)55-47-19-9-5-15-38(47)34-39-16-6-10-20-48(39)55)25-27-37-28-32-49(44-18-8-7-17-41(37)44)56-50-21-11-13-23-52(50)57(3,4)53-24-14-12-22-51(53)56/h5,7-15,17-33,35H,6,16,34H2,1-4H3. The van der Waals surface area contributed by atoms with Crippen molar-refractivity contribution in [3.63, 3.8) is 0 Å². The molecule has 7 aromatic rings. The molecule has 3 heteroatoms. The summed E-state index contributed by atoms with van der Waals surface area (Å²) in [4.78, 5) is 5.02. The Morgan fingerprint density at radius 3 is 2.00 bits per heavy atom. The monoisotopic (exact) mass is 750 g/mol. The molecule has 2 aliphatic heterocycles. The first-order valence-corrected chi connectivity index (χ1v) is 23.5. The van der Waals surface area contributed by atoms with Crippen molar-refractivity contribution in [1.29, 1.82) is 0 Å². The minimum atomic E-state index is -1.86. The number of anilines is 5. The molecule has 0 amide bonds. The molecule has 11 rings (SSSR count). The molecule has 4 aliphatic rings. The van der Waals surface area contributed by atoms with Crippen LogP contribution in [-0.4, -0.2) is 8.07 Å². The third-order valence-corrected chi connectivity index (χ3v) is 16.9. The number of benzene rings is 7. The lowest BCUT2D eigenvalue weighted by atomic mass is 9.81. The van der Waals surface area contributed by atoms with Crippen molar-refractivity contribution < 1.29 is 0 Å². The van der Waals surface area contributed by atoms with E-state index in [1.807, 2.05) is 0 Å². The molecule has 0 fully saturated rings. The van der Waals surface area contributed by atoms with Gasteiger partial charge in [-0.1, -0.05) is 154 Å². The normalized spacial score (nSPS) is 16.9. The molecule has 0 N–H and O–H groups in total. The van der Waals surface area contributed by atoms with Crippen LogP contribution in [0.1, 0.15) is 54.5 Å². The van der Waals surface area contributed by atoms with Gasteiger partial charge in [-0.2, -0.15) is 0 Å². The van der Waals surface area contributed by atoms with Crippen molar-refractivity contribution >= 4 is 69.8 Å². The van der Waals surface area contributed by atoms with Crippen LogP contribution in [-0.2, 0) is 11.8 Å². The molecule has 0 saturated heterocycles. The van der Waals surface area contributed by atoms with Crippen molar-refractivity contribution in [3.05, 3.63) is 197 Å². The summed E-state index contributed by atoms with van der Waals surface area (Å²) in [5.41, 5.74) is 18.5. The summed E-state index contributed by atoms with van der Waals surface area (Å²) in [6, 6.07) is 54.9. The van der Waals surface area contributed by atoms with Gasteiger partial charge in [0, 0.05) is 39.2 Å². The van der Waals surface area contributed by atoms with Gasteiger partial charge in [0.1, 0.15) is 8.07 Å². The maximum atomic E-state index is 2.51. The molecule has 7 aromatic carbocycles. The van der Waals surface area contributed by atoms with Crippen LogP contribution in [0.25, 0.3) is 34.1 Å². The van der Waals surface area contributed by atoms with Crippen molar-refractivity contribution in [2.75, 3.05) is 9.80 Å². The Balaban J connectivity index is 0.949. The first kappa shape index (κ1) is 34.1. The van der Waals surface area contributed by atoms with Crippen LogP contribution in [0, 0.1) is 0 Å². The molecule has 0 unspecified atom stereocenters. The largest absolute Gasteiger partial charge is 0.310 e. The second-order valence-electron chi connectivity index (χ2n) is 17.3. The maximum Gasteiger partial charge on any atom is 0.117 e. The zero-order chi connectivity index (χ0) is 38.5. The van der Waals surface area contributed by atoms with Crippen molar-refractivity contribution in [1.82, 2.24) is 0 Å². The van der Waals surface area contributed by atoms with Gasteiger partial charge in [-0.15, -0.1) is 0 Å². The van der Waals surface area contributed by atoms with Gasteiger partial charge >= 0.3 is 0 Å². The van der Waals surface area contributed by atoms with Crippen molar-refractivity contribution in [3.8, 4) is 11.1 Å². The summed E-state index contributed by atoms with van der Waals surface area (Å²) >= 11 is 0.